The first-order chi connectivity index (χ1) is 10.3. The average Bonchev–Trinajstić information content (AvgIpc) is 2.53. The van der Waals surface area contributed by atoms with Crippen molar-refractivity contribution in [3.05, 3.63) is 59.7 Å². The third-order valence-electron chi connectivity index (χ3n) is 4.71. The van der Waals surface area contributed by atoms with E-state index in [1.807, 2.05) is 0 Å². The van der Waals surface area contributed by atoms with Crippen molar-refractivity contribution in [2.75, 3.05) is 0 Å². The predicted octanol–water partition coefficient (Wildman–Crippen LogP) is 3.90. The molecule has 0 aromatic heterocycles. The summed E-state index contributed by atoms with van der Waals surface area (Å²) in [7, 11) is 0. The lowest BCUT2D eigenvalue weighted by Gasteiger charge is -2.24. The van der Waals surface area contributed by atoms with Crippen LogP contribution >= 0.6 is 0 Å². The molecule has 0 spiro atoms. The van der Waals surface area contributed by atoms with Gasteiger partial charge in [-0.25, -0.2) is 0 Å². The topological polar surface area (TPSA) is 43.1 Å². The second-order valence-electron chi connectivity index (χ2n) is 5.86. The van der Waals surface area contributed by atoms with Crippen LogP contribution in [0.25, 0.3) is 21.5 Å². The van der Waals surface area contributed by atoms with Crippen LogP contribution in [0.5, 0.6) is 0 Å². The smallest absolute Gasteiger partial charge is 0.224 e. The fraction of sp³-hybridized carbons (Fsp3) is 0.211. The first-order valence-electron chi connectivity index (χ1n) is 7.48. The molecule has 1 aliphatic carbocycles. The third-order valence-corrected chi connectivity index (χ3v) is 4.71. The van der Waals surface area contributed by atoms with Gasteiger partial charge in [0.15, 0.2) is 0 Å². The van der Waals surface area contributed by atoms with Crippen LogP contribution in [0.1, 0.15) is 29.9 Å². The highest BCUT2D eigenvalue weighted by atomic mass is 16.1. The summed E-state index contributed by atoms with van der Waals surface area (Å²) in [6, 6.07) is 17.1. The van der Waals surface area contributed by atoms with Gasteiger partial charge in [-0.2, -0.15) is 0 Å². The lowest BCUT2D eigenvalue weighted by molar-refractivity contribution is -0.119. The molecule has 3 aromatic rings. The Kier molecular flexibility index (Phi) is 2.71. The summed E-state index contributed by atoms with van der Waals surface area (Å²) < 4.78 is 0. The van der Waals surface area contributed by atoms with Crippen molar-refractivity contribution in [2.45, 2.75) is 25.2 Å². The minimum absolute atomic E-state index is 0.121. The van der Waals surface area contributed by atoms with E-state index >= 15 is 0 Å². The number of rotatable bonds is 1. The zero-order chi connectivity index (χ0) is 14.4. The second-order valence-corrected chi connectivity index (χ2v) is 5.86. The zero-order valence-electron chi connectivity index (χ0n) is 11.8. The van der Waals surface area contributed by atoms with Gasteiger partial charge in [-0.1, -0.05) is 48.5 Å². The third kappa shape index (κ3) is 1.83. The zero-order valence-corrected chi connectivity index (χ0v) is 11.8. The maximum atomic E-state index is 11.7. The minimum atomic E-state index is -0.198. The monoisotopic (exact) mass is 275 g/mol. The number of aryl methyl sites for hydroxylation is 1. The SMILES string of the molecule is NC(=O)C1CCCc2c1ccc1c2ccc2ccccc21. The minimum Gasteiger partial charge on any atom is -0.369 e. The molecule has 0 saturated heterocycles. The van der Waals surface area contributed by atoms with Crippen molar-refractivity contribution in [1.29, 1.82) is 0 Å². The van der Waals surface area contributed by atoms with Crippen LogP contribution in [0, 0.1) is 0 Å². The van der Waals surface area contributed by atoms with Crippen LogP contribution in [0.4, 0.5) is 0 Å². The van der Waals surface area contributed by atoms with Gasteiger partial charge in [0.25, 0.3) is 0 Å². The number of primary amides is 1. The van der Waals surface area contributed by atoms with E-state index in [0.29, 0.717) is 0 Å². The van der Waals surface area contributed by atoms with Crippen LogP contribution in [0.3, 0.4) is 0 Å². The van der Waals surface area contributed by atoms with E-state index in [0.717, 1.165) is 24.8 Å². The molecule has 0 fully saturated rings. The van der Waals surface area contributed by atoms with Gasteiger partial charge >= 0.3 is 0 Å². The summed E-state index contributed by atoms with van der Waals surface area (Å²) in [5, 5.41) is 5.08. The lowest BCUT2D eigenvalue weighted by atomic mass is 9.79. The number of benzene rings is 3. The van der Waals surface area contributed by atoms with Gasteiger partial charge in [0, 0.05) is 0 Å². The molecule has 0 heterocycles. The molecule has 2 heteroatoms. The van der Waals surface area contributed by atoms with Gasteiger partial charge in [-0.05, 0) is 51.9 Å². The number of nitrogens with two attached hydrogens (primary N) is 1. The molecule has 0 saturated carbocycles. The molecule has 1 amide bonds. The molecular formula is C19H17NO. The van der Waals surface area contributed by atoms with E-state index in [2.05, 4.69) is 48.5 Å². The summed E-state index contributed by atoms with van der Waals surface area (Å²) in [4.78, 5) is 11.7. The largest absolute Gasteiger partial charge is 0.369 e. The number of carbonyl (C=O) groups excluding carboxylic acids is 1. The Morgan fingerprint density at radius 1 is 0.952 bits per heavy atom. The Morgan fingerprint density at radius 3 is 2.62 bits per heavy atom. The van der Waals surface area contributed by atoms with Gasteiger partial charge in [-0.15, -0.1) is 0 Å². The number of carbonyl (C=O) groups is 1. The highest BCUT2D eigenvalue weighted by Gasteiger charge is 2.25. The van der Waals surface area contributed by atoms with Crippen molar-refractivity contribution >= 4 is 27.5 Å². The van der Waals surface area contributed by atoms with E-state index in [1.54, 1.807) is 0 Å². The van der Waals surface area contributed by atoms with Crippen LogP contribution < -0.4 is 5.73 Å². The van der Waals surface area contributed by atoms with Gasteiger partial charge in [0.2, 0.25) is 5.91 Å². The number of fused-ring (bicyclic) bond motifs is 5. The van der Waals surface area contributed by atoms with E-state index in [4.69, 9.17) is 5.73 Å². The van der Waals surface area contributed by atoms with Gasteiger partial charge in [0.05, 0.1) is 5.92 Å². The Hall–Kier alpha value is -2.35. The van der Waals surface area contributed by atoms with Crippen LogP contribution in [0.2, 0.25) is 0 Å². The van der Waals surface area contributed by atoms with E-state index in [9.17, 15) is 4.79 Å². The van der Waals surface area contributed by atoms with Crippen molar-refractivity contribution in [2.24, 2.45) is 5.73 Å². The van der Waals surface area contributed by atoms with E-state index in [-0.39, 0.29) is 11.8 Å². The molecular weight excluding hydrogens is 258 g/mol. The molecule has 4 rings (SSSR count). The summed E-state index contributed by atoms with van der Waals surface area (Å²) in [5.41, 5.74) is 8.03. The summed E-state index contributed by atoms with van der Waals surface area (Å²) in [6.45, 7) is 0. The second kappa shape index (κ2) is 4.59. The van der Waals surface area contributed by atoms with Gasteiger partial charge in [0.1, 0.15) is 0 Å². The Bertz CT molecular complexity index is 866. The number of hydrogen-bond acceptors (Lipinski definition) is 1. The Balaban J connectivity index is 2.06. The molecule has 2 N–H and O–H groups in total. The Morgan fingerprint density at radius 2 is 1.76 bits per heavy atom. The highest BCUT2D eigenvalue weighted by molar-refractivity contribution is 6.09. The van der Waals surface area contributed by atoms with E-state index < -0.39 is 0 Å². The van der Waals surface area contributed by atoms with Crippen molar-refractivity contribution in [3.63, 3.8) is 0 Å². The van der Waals surface area contributed by atoms with Crippen molar-refractivity contribution in [1.82, 2.24) is 0 Å². The van der Waals surface area contributed by atoms with Crippen molar-refractivity contribution in [3.8, 4) is 0 Å². The van der Waals surface area contributed by atoms with Crippen LogP contribution in [0.15, 0.2) is 48.5 Å². The number of amides is 1. The normalized spacial score (nSPS) is 17.8. The first kappa shape index (κ1) is 12.4. The molecule has 2 nitrogen and oxygen atoms in total. The van der Waals surface area contributed by atoms with Crippen LogP contribution in [-0.2, 0) is 11.2 Å². The van der Waals surface area contributed by atoms with Crippen molar-refractivity contribution < 1.29 is 4.79 Å². The summed E-state index contributed by atoms with van der Waals surface area (Å²) in [6.07, 6.45) is 2.95. The van der Waals surface area contributed by atoms with E-state index in [1.165, 1.54) is 27.1 Å². The molecule has 0 aliphatic heterocycles. The standard InChI is InChI=1S/C19H17NO/c20-19(21)18-7-3-6-14-16-9-8-12-4-1-2-5-13(12)15(16)10-11-17(14)18/h1-2,4-5,8-11,18H,3,6-7H2,(H2,20,21). The molecule has 1 aliphatic rings. The fourth-order valence-electron chi connectivity index (χ4n) is 3.71. The molecule has 21 heavy (non-hydrogen) atoms. The summed E-state index contributed by atoms with van der Waals surface area (Å²) >= 11 is 0. The fourth-order valence-corrected chi connectivity index (χ4v) is 3.71. The predicted molar refractivity (Wildman–Crippen MR) is 86.3 cm³/mol. The molecule has 1 unspecified atom stereocenters. The molecule has 0 radical (unpaired) electrons. The molecule has 3 aromatic carbocycles. The maximum Gasteiger partial charge on any atom is 0.224 e. The molecule has 0 bridgehead atoms. The molecule has 104 valence electrons. The quantitative estimate of drug-likeness (QED) is 0.672. The average molecular weight is 275 g/mol. The Labute approximate surface area is 123 Å². The highest BCUT2D eigenvalue weighted by Crippen LogP contribution is 2.37. The number of hydrogen-bond donors (Lipinski definition) is 1. The molecule has 1 atom stereocenters. The first-order valence-corrected chi connectivity index (χ1v) is 7.48. The van der Waals surface area contributed by atoms with Gasteiger partial charge in [-0.3, -0.25) is 4.79 Å². The summed E-state index contributed by atoms with van der Waals surface area (Å²) in [5.74, 6) is -0.319. The maximum absolute atomic E-state index is 11.7. The van der Waals surface area contributed by atoms with Crippen LogP contribution in [-0.4, -0.2) is 5.91 Å². The van der Waals surface area contributed by atoms with Gasteiger partial charge < -0.3 is 5.73 Å². The lowest BCUT2D eigenvalue weighted by Crippen LogP contribution is -2.25.